The van der Waals surface area contributed by atoms with Crippen LogP contribution in [0.25, 0.3) is 0 Å². The highest BCUT2D eigenvalue weighted by molar-refractivity contribution is 5.75. The van der Waals surface area contributed by atoms with Crippen LogP contribution in [0, 0.1) is 0 Å². The molecule has 0 saturated carbocycles. The number of nitrogens with one attached hydrogen (secondary N) is 2. The van der Waals surface area contributed by atoms with Crippen LogP contribution in [0.4, 0.5) is 13.2 Å². The number of aromatic nitrogens is 3. The molecule has 2 N–H and O–H groups in total. The van der Waals surface area contributed by atoms with E-state index < -0.39 is 24.9 Å². The Balaban J connectivity index is 2.11. The van der Waals surface area contributed by atoms with Crippen LogP contribution in [0.3, 0.4) is 0 Å². The molecule has 0 aliphatic rings. The van der Waals surface area contributed by atoms with Crippen molar-refractivity contribution in [1.82, 2.24) is 20.5 Å². The lowest BCUT2D eigenvalue weighted by atomic mass is 10.3. The number of alkyl halides is 3. The number of aromatic amines is 1. The lowest BCUT2D eigenvalue weighted by Crippen LogP contribution is -2.27. The summed E-state index contributed by atoms with van der Waals surface area (Å²) in [5.41, 5.74) is 0. The van der Waals surface area contributed by atoms with Gasteiger partial charge in [-0.3, -0.25) is 9.89 Å². The van der Waals surface area contributed by atoms with Crippen LogP contribution >= 0.6 is 0 Å². The van der Waals surface area contributed by atoms with Gasteiger partial charge in [0.1, 0.15) is 12.2 Å². The minimum absolute atomic E-state index is 0.242. The maximum atomic E-state index is 11.8. The van der Waals surface area contributed by atoms with E-state index in [2.05, 4.69) is 20.5 Å². The highest BCUT2D eigenvalue weighted by Gasteiger charge is 2.27. The molecule has 0 fully saturated rings. The molecule has 0 saturated heterocycles. The van der Waals surface area contributed by atoms with Crippen LogP contribution in [0.1, 0.15) is 18.7 Å². The van der Waals surface area contributed by atoms with Crippen molar-refractivity contribution >= 4 is 5.91 Å². The van der Waals surface area contributed by atoms with E-state index in [1.807, 2.05) is 0 Å². The molecule has 1 heterocycles. The molecular weight excluding hydrogens is 225 g/mol. The summed E-state index contributed by atoms with van der Waals surface area (Å²) in [5, 5.41) is 8.53. The molecule has 0 aliphatic carbocycles. The number of hydrogen-bond acceptors (Lipinski definition) is 3. The smallest absolute Gasteiger partial charge is 0.356 e. The summed E-state index contributed by atoms with van der Waals surface area (Å²) in [6.45, 7) is 0.242. The van der Waals surface area contributed by atoms with Gasteiger partial charge in [-0.2, -0.15) is 18.3 Å². The number of amides is 1. The van der Waals surface area contributed by atoms with E-state index in [-0.39, 0.29) is 6.54 Å². The Morgan fingerprint density at radius 2 is 2.25 bits per heavy atom. The Morgan fingerprint density at radius 3 is 2.81 bits per heavy atom. The Morgan fingerprint density at radius 1 is 1.50 bits per heavy atom. The third kappa shape index (κ3) is 5.32. The molecule has 0 bridgehead atoms. The summed E-state index contributed by atoms with van der Waals surface area (Å²) >= 11 is 0. The van der Waals surface area contributed by atoms with E-state index in [1.54, 1.807) is 0 Å². The number of halogens is 3. The average Bonchev–Trinajstić information content (AvgIpc) is 2.66. The summed E-state index contributed by atoms with van der Waals surface area (Å²) < 4.78 is 35.3. The fourth-order valence-corrected chi connectivity index (χ4v) is 1.02. The molecule has 0 unspecified atom stereocenters. The van der Waals surface area contributed by atoms with Gasteiger partial charge in [-0.25, -0.2) is 4.98 Å². The fraction of sp³-hybridized carbons (Fsp3) is 0.625. The third-order valence-corrected chi connectivity index (χ3v) is 1.78. The lowest BCUT2D eigenvalue weighted by Gasteiger charge is -2.06. The topological polar surface area (TPSA) is 70.7 Å². The molecule has 0 atom stereocenters. The molecule has 0 aromatic carbocycles. The Kier molecular flexibility index (Phi) is 4.27. The van der Waals surface area contributed by atoms with Crippen molar-refractivity contribution in [1.29, 1.82) is 0 Å². The zero-order valence-corrected chi connectivity index (χ0v) is 8.34. The van der Waals surface area contributed by atoms with Crippen molar-refractivity contribution < 1.29 is 18.0 Å². The van der Waals surface area contributed by atoms with Crippen LogP contribution in [0.2, 0.25) is 0 Å². The van der Waals surface area contributed by atoms with Gasteiger partial charge in [-0.1, -0.05) is 0 Å². The number of nitrogens with zero attached hydrogens (tertiary/aromatic N) is 2. The van der Waals surface area contributed by atoms with E-state index >= 15 is 0 Å². The first-order valence-corrected chi connectivity index (χ1v) is 4.65. The van der Waals surface area contributed by atoms with Crippen molar-refractivity contribution in [2.45, 2.75) is 25.4 Å². The molecule has 1 amide bonds. The van der Waals surface area contributed by atoms with Gasteiger partial charge in [0.25, 0.3) is 0 Å². The molecule has 0 spiro atoms. The van der Waals surface area contributed by atoms with Crippen molar-refractivity contribution in [3.63, 3.8) is 0 Å². The van der Waals surface area contributed by atoms with Gasteiger partial charge in [0.2, 0.25) is 5.91 Å². The highest BCUT2D eigenvalue weighted by atomic mass is 19.4. The monoisotopic (exact) mass is 236 g/mol. The molecular formula is C8H11F3N4O. The zero-order valence-electron chi connectivity index (χ0n) is 8.34. The van der Waals surface area contributed by atoms with Gasteiger partial charge in [-0.05, 0) is 0 Å². The maximum absolute atomic E-state index is 11.8. The molecule has 90 valence electrons. The Hall–Kier alpha value is -1.60. The van der Waals surface area contributed by atoms with E-state index in [1.165, 1.54) is 6.33 Å². The summed E-state index contributed by atoms with van der Waals surface area (Å²) in [7, 11) is 0. The van der Waals surface area contributed by atoms with Crippen LogP contribution < -0.4 is 5.32 Å². The van der Waals surface area contributed by atoms with E-state index in [4.69, 9.17) is 0 Å². The van der Waals surface area contributed by atoms with Gasteiger partial charge in [0, 0.05) is 19.4 Å². The molecule has 1 aromatic heterocycles. The molecule has 1 rings (SSSR count). The summed E-state index contributed by atoms with van der Waals surface area (Å²) in [6, 6.07) is 0. The quantitative estimate of drug-likeness (QED) is 0.794. The predicted octanol–water partition coefficient (Wildman–Crippen LogP) is 0.806. The van der Waals surface area contributed by atoms with Crippen molar-refractivity contribution in [3.8, 4) is 0 Å². The SMILES string of the molecule is O=C(CCC(F)(F)F)NCCc1ncn[nH]1. The van der Waals surface area contributed by atoms with Gasteiger partial charge >= 0.3 is 6.18 Å². The summed E-state index contributed by atoms with van der Waals surface area (Å²) in [5.74, 6) is -0.0343. The normalized spacial score (nSPS) is 11.4. The number of carbonyl (C=O) groups is 1. The molecule has 8 heteroatoms. The number of H-pyrrole nitrogens is 1. The van der Waals surface area contributed by atoms with Gasteiger partial charge in [-0.15, -0.1) is 0 Å². The molecule has 5 nitrogen and oxygen atoms in total. The molecule has 0 aliphatic heterocycles. The first-order chi connectivity index (χ1) is 7.47. The van der Waals surface area contributed by atoms with E-state index in [9.17, 15) is 18.0 Å². The first-order valence-electron chi connectivity index (χ1n) is 4.65. The van der Waals surface area contributed by atoms with Crippen LogP contribution in [-0.2, 0) is 11.2 Å². The van der Waals surface area contributed by atoms with Crippen molar-refractivity contribution in [2.24, 2.45) is 0 Å². The average molecular weight is 236 g/mol. The van der Waals surface area contributed by atoms with Crippen LogP contribution in [0.15, 0.2) is 6.33 Å². The van der Waals surface area contributed by atoms with Crippen molar-refractivity contribution in [3.05, 3.63) is 12.2 Å². The number of hydrogen-bond donors (Lipinski definition) is 2. The van der Waals surface area contributed by atoms with E-state index in [0.29, 0.717) is 12.2 Å². The summed E-state index contributed by atoms with van der Waals surface area (Å²) in [4.78, 5) is 14.8. The standard InChI is InChI=1S/C8H11F3N4O/c9-8(10,11)3-1-7(16)12-4-2-6-13-5-14-15-6/h5H,1-4H2,(H,12,16)(H,13,14,15). The van der Waals surface area contributed by atoms with Gasteiger partial charge in [0.15, 0.2) is 0 Å². The van der Waals surface area contributed by atoms with Crippen LogP contribution in [-0.4, -0.2) is 33.8 Å². The Bertz CT molecular complexity index is 323. The molecule has 0 radical (unpaired) electrons. The fourth-order valence-electron chi connectivity index (χ4n) is 1.02. The number of rotatable bonds is 5. The minimum Gasteiger partial charge on any atom is -0.356 e. The summed E-state index contributed by atoms with van der Waals surface area (Å²) in [6.07, 6.45) is -4.19. The van der Waals surface area contributed by atoms with Crippen LogP contribution in [0.5, 0.6) is 0 Å². The zero-order chi connectivity index (χ0) is 12.0. The third-order valence-electron chi connectivity index (χ3n) is 1.78. The highest BCUT2D eigenvalue weighted by Crippen LogP contribution is 2.20. The second-order valence-corrected chi connectivity index (χ2v) is 3.15. The maximum Gasteiger partial charge on any atom is 0.389 e. The number of carbonyl (C=O) groups excluding carboxylic acids is 1. The Labute approximate surface area is 89.4 Å². The van der Waals surface area contributed by atoms with Crippen molar-refractivity contribution in [2.75, 3.05) is 6.54 Å². The predicted molar refractivity (Wildman–Crippen MR) is 48.4 cm³/mol. The second kappa shape index (κ2) is 5.47. The largest absolute Gasteiger partial charge is 0.389 e. The minimum atomic E-state index is -4.29. The van der Waals surface area contributed by atoms with E-state index in [0.717, 1.165) is 0 Å². The lowest BCUT2D eigenvalue weighted by molar-refractivity contribution is -0.144. The molecule has 1 aromatic rings. The van der Waals surface area contributed by atoms with Gasteiger partial charge < -0.3 is 5.32 Å². The first kappa shape index (κ1) is 12.5. The van der Waals surface area contributed by atoms with Gasteiger partial charge in [0.05, 0.1) is 6.42 Å². The molecule has 16 heavy (non-hydrogen) atoms. The second-order valence-electron chi connectivity index (χ2n) is 3.15.